The number of rotatable bonds is 4. The van der Waals surface area contributed by atoms with Crippen LogP contribution in [0.3, 0.4) is 0 Å². The smallest absolute Gasteiger partial charge is 0.318 e. The number of fused-ring (bicyclic) bond motifs is 1. The van der Waals surface area contributed by atoms with Crippen molar-refractivity contribution >= 4 is 33.2 Å². The van der Waals surface area contributed by atoms with Crippen molar-refractivity contribution in [2.24, 2.45) is 0 Å². The summed E-state index contributed by atoms with van der Waals surface area (Å²) >= 11 is 3.03. The van der Waals surface area contributed by atoms with Gasteiger partial charge in [0, 0.05) is 23.5 Å². The first-order valence-electron chi connectivity index (χ1n) is 9.15. The number of carbonyl (C=O) groups is 1. The Labute approximate surface area is 193 Å². The van der Waals surface area contributed by atoms with E-state index in [1.165, 1.54) is 6.92 Å². The summed E-state index contributed by atoms with van der Waals surface area (Å²) in [6, 6.07) is 0.959. The Hall–Kier alpha value is -3.49. The van der Waals surface area contributed by atoms with Crippen molar-refractivity contribution in [1.29, 1.82) is 0 Å². The fourth-order valence-electron chi connectivity index (χ4n) is 3.08. The summed E-state index contributed by atoms with van der Waals surface area (Å²) in [6.45, 7) is 0.711. The van der Waals surface area contributed by atoms with Crippen LogP contribution in [0.4, 0.5) is 36.4 Å². The van der Waals surface area contributed by atoms with Crippen molar-refractivity contribution in [2.45, 2.75) is 19.6 Å². The number of carbonyl (C=O) groups excluding carboxylic acids is 1. The van der Waals surface area contributed by atoms with Crippen molar-refractivity contribution in [1.82, 2.24) is 24.4 Å². The molecule has 15 heteroatoms. The topological polar surface area (TPSA) is 77.1 Å². The molecule has 1 amide bonds. The van der Waals surface area contributed by atoms with Crippen molar-refractivity contribution in [2.75, 3.05) is 5.32 Å². The minimum atomic E-state index is -4.77. The SMILES string of the molecule is Cc1cc(C(F)(F)F)n2nc(C(=O)Nc3cnn(Cc4c(F)cc(F)c(F)c4F)c3)c(Br)c2n1. The van der Waals surface area contributed by atoms with Gasteiger partial charge < -0.3 is 5.32 Å². The van der Waals surface area contributed by atoms with Gasteiger partial charge in [-0.05, 0) is 28.9 Å². The molecule has 0 saturated carbocycles. The molecule has 0 aliphatic carbocycles. The summed E-state index contributed by atoms with van der Waals surface area (Å²) in [5.41, 5.74) is -2.57. The maximum Gasteiger partial charge on any atom is 0.433 e. The standard InChI is InChI=1S/C19H10BrF7N6O/c1-7-2-12(19(25,26)27)33-17(29-7)13(20)16(31-33)18(34)30-8-4-28-32(5-8)6-9-10(21)3-11(22)15(24)14(9)23/h2-5H,6H2,1H3,(H,30,34). The lowest BCUT2D eigenvalue weighted by Gasteiger charge is -2.09. The van der Waals surface area contributed by atoms with Crippen LogP contribution in [0.1, 0.15) is 27.4 Å². The maximum absolute atomic E-state index is 13.9. The highest BCUT2D eigenvalue weighted by molar-refractivity contribution is 9.10. The van der Waals surface area contributed by atoms with E-state index in [1.807, 2.05) is 0 Å². The highest BCUT2D eigenvalue weighted by Gasteiger charge is 2.36. The first-order valence-corrected chi connectivity index (χ1v) is 9.95. The molecule has 4 aromatic rings. The second kappa shape index (κ2) is 8.38. The normalized spacial score (nSPS) is 11.9. The number of nitrogens with zero attached hydrogens (tertiary/aromatic N) is 5. The molecule has 0 atom stereocenters. The second-order valence-corrected chi connectivity index (χ2v) is 7.80. The quantitative estimate of drug-likeness (QED) is 0.223. The third kappa shape index (κ3) is 4.22. The minimum absolute atomic E-state index is 0.0162. The number of aryl methyl sites for hydroxylation is 1. The van der Waals surface area contributed by atoms with Gasteiger partial charge in [0.2, 0.25) is 0 Å². The molecule has 0 spiro atoms. The van der Waals surface area contributed by atoms with Crippen LogP contribution in [-0.2, 0) is 12.7 Å². The molecule has 1 N–H and O–H groups in total. The Morgan fingerprint density at radius 2 is 1.82 bits per heavy atom. The van der Waals surface area contributed by atoms with E-state index in [2.05, 4.69) is 36.4 Å². The molecule has 7 nitrogen and oxygen atoms in total. The van der Waals surface area contributed by atoms with Crippen LogP contribution in [0, 0.1) is 30.2 Å². The zero-order valence-electron chi connectivity index (χ0n) is 16.7. The van der Waals surface area contributed by atoms with Gasteiger partial charge in [0.05, 0.1) is 22.9 Å². The molecule has 0 fully saturated rings. The average molecular weight is 551 g/mol. The lowest BCUT2D eigenvalue weighted by atomic mass is 10.2. The van der Waals surface area contributed by atoms with Crippen LogP contribution in [-0.4, -0.2) is 30.3 Å². The molecule has 0 radical (unpaired) electrons. The largest absolute Gasteiger partial charge is 0.433 e. The third-order valence-corrected chi connectivity index (χ3v) is 5.32. The molecule has 0 aliphatic rings. The highest BCUT2D eigenvalue weighted by atomic mass is 79.9. The molecule has 3 aromatic heterocycles. The summed E-state index contributed by atoms with van der Waals surface area (Å²) < 4.78 is 95.6. The number of amides is 1. The number of nitrogens with one attached hydrogen (secondary N) is 1. The van der Waals surface area contributed by atoms with Gasteiger partial charge in [-0.3, -0.25) is 9.48 Å². The molecule has 1 aromatic carbocycles. The van der Waals surface area contributed by atoms with Crippen molar-refractivity contribution < 1.29 is 35.5 Å². The second-order valence-electron chi connectivity index (χ2n) is 7.01. The van der Waals surface area contributed by atoms with Gasteiger partial charge >= 0.3 is 6.18 Å². The third-order valence-electron chi connectivity index (χ3n) is 4.59. The van der Waals surface area contributed by atoms with E-state index in [9.17, 15) is 35.5 Å². The van der Waals surface area contributed by atoms with Gasteiger partial charge in [0.1, 0.15) is 11.5 Å². The summed E-state index contributed by atoms with van der Waals surface area (Å²) in [5, 5.41) is 9.80. The fourth-order valence-corrected chi connectivity index (χ4v) is 3.59. The molecule has 4 rings (SSSR count). The molecule has 0 saturated heterocycles. The Kier molecular flexibility index (Phi) is 5.83. The Bertz CT molecular complexity index is 1450. The van der Waals surface area contributed by atoms with Crippen LogP contribution >= 0.6 is 15.9 Å². The van der Waals surface area contributed by atoms with Gasteiger partial charge in [-0.25, -0.2) is 27.1 Å². The van der Waals surface area contributed by atoms with E-state index in [0.717, 1.165) is 23.1 Å². The first kappa shape index (κ1) is 23.7. The van der Waals surface area contributed by atoms with Gasteiger partial charge in [-0.1, -0.05) is 0 Å². The van der Waals surface area contributed by atoms with E-state index in [1.54, 1.807) is 0 Å². The van der Waals surface area contributed by atoms with Crippen LogP contribution < -0.4 is 5.32 Å². The van der Waals surface area contributed by atoms with Crippen LogP contribution in [0.5, 0.6) is 0 Å². The van der Waals surface area contributed by atoms with E-state index in [0.29, 0.717) is 4.52 Å². The number of alkyl halides is 3. The molecule has 0 aliphatic heterocycles. The number of anilines is 1. The Morgan fingerprint density at radius 1 is 1.12 bits per heavy atom. The van der Waals surface area contributed by atoms with Crippen LogP contribution in [0.25, 0.3) is 5.65 Å². The van der Waals surface area contributed by atoms with Gasteiger partial charge in [0.15, 0.2) is 28.8 Å². The lowest BCUT2D eigenvalue weighted by Crippen LogP contribution is -2.15. The van der Waals surface area contributed by atoms with E-state index in [-0.39, 0.29) is 27.6 Å². The predicted octanol–water partition coefficient (Wildman–Crippen LogP) is 4.87. The van der Waals surface area contributed by atoms with Gasteiger partial charge in [-0.2, -0.15) is 23.4 Å². The molecule has 178 valence electrons. The number of aromatic nitrogens is 5. The Morgan fingerprint density at radius 3 is 2.50 bits per heavy atom. The zero-order chi connectivity index (χ0) is 24.9. The first-order chi connectivity index (χ1) is 15.9. The van der Waals surface area contributed by atoms with Crippen molar-refractivity contribution in [3.8, 4) is 0 Å². The van der Waals surface area contributed by atoms with E-state index < -0.39 is 58.8 Å². The molecular formula is C19H10BrF7N6O. The molecule has 0 bridgehead atoms. The van der Waals surface area contributed by atoms with E-state index >= 15 is 0 Å². The average Bonchev–Trinajstić information content (AvgIpc) is 3.32. The number of benzene rings is 1. The molecule has 3 heterocycles. The van der Waals surface area contributed by atoms with E-state index in [4.69, 9.17) is 0 Å². The lowest BCUT2D eigenvalue weighted by molar-refractivity contribution is -0.142. The van der Waals surface area contributed by atoms with Crippen LogP contribution in [0.2, 0.25) is 0 Å². The monoisotopic (exact) mass is 550 g/mol. The van der Waals surface area contributed by atoms with Crippen molar-refractivity contribution in [3.63, 3.8) is 0 Å². The minimum Gasteiger partial charge on any atom is -0.318 e. The van der Waals surface area contributed by atoms with Crippen molar-refractivity contribution in [3.05, 3.63) is 74.9 Å². The molecule has 0 unspecified atom stereocenters. The summed E-state index contributed by atoms with van der Waals surface area (Å²) in [5.74, 6) is -7.54. The molecular weight excluding hydrogens is 541 g/mol. The number of halogens is 8. The highest BCUT2D eigenvalue weighted by Crippen LogP contribution is 2.32. The summed E-state index contributed by atoms with van der Waals surface area (Å²) in [6.07, 6.45) is -2.58. The fraction of sp³-hybridized carbons (Fsp3) is 0.158. The van der Waals surface area contributed by atoms with Gasteiger partial charge in [-0.15, -0.1) is 0 Å². The predicted molar refractivity (Wildman–Crippen MR) is 106 cm³/mol. The summed E-state index contributed by atoms with van der Waals surface area (Å²) in [7, 11) is 0. The number of hydrogen-bond acceptors (Lipinski definition) is 4. The number of hydrogen-bond donors (Lipinski definition) is 1. The Balaban J connectivity index is 1.61. The zero-order valence-corrected chi connectivity index (χ0v) is 18.3. The van der Waals surface area contributed by atoms with Gasteiger partial charge in [0.25, 0.3) is 5.91 Å². The molecule has 34 heavy (non-hydrogen) atoms. The summed E-state index contributed by atoms with van der Waals surface area (Å²) in [4.78, 5) is 16.6. The maximum atomic E-state index is 13.9. The van der Waals surface area contributed by atoms with Crippen LogP contribution in [0.15, 0.2) is 29.0 Å².